The van der Waals surface area contributed by atoms with Crippen molar-refractivity contribution in [1.29, 1.82) is 0 Å². The second-order valence-electron chi connectivity index (χ2n) is 10.5. The number of terminal acetylenes is 1. The highest BCUT2D eigenvalue weighted by atomic mass is 16.5. The van der Waals surface area contributed by atoms with Gasteiger partial charge >= 0.3 is 0 Å². The van der Waals surface area contributed by atoms with Crippen molar-refractivity contribution in [2.45, 2.75) is 104 Å². The zero-order chi connectivity index (χ0) is 31.7. The molecule has 0 radical (unpaired) electrons. The van der Waals surface area contributed by atoms with Crippen LogP contribution in [0, 0.1) is 41.9 Å². The predicted molar refractivity (Wildman–Crippen MR) is 158 cm³/mol. The summed E-state index contributed by atoms with van der Waals surface area (Å²) in [6, 6.07) is 0. The van der Waals surface area contributed by atoms with Crippen LogP contribution in [0.25, 0.3) is 0 Å². The second-order valence-corrected chi connectivity index (χ2v) is 10.5. The van der Waals surface area contributed by atoms with Crippen LogP contribution in [0.5, 0.6) is 0 Å². The van der Waals surface area contributed by atoms with Crippen molar-refractivity contribution < 1.29 is 44.5 Å². The van der Waals surface area contributed by atoms with E-state index in [1.54, 1.807) is 27.7 Å². The molecule has 0 aromatic heterocycles. The van der Waals surface area contributed by atoms with Crippen LogP contribution in [-0.4, -0.2) is 107 Å². The molecule has 0 saturated carbocycles. The Kier molecular flexibility index (Phi) is 26.8. The minimum atomic E-state index is -1.00. The molecule has 0 aliphatic heterocycles. The Labute approximate surface area is 243 Å². The summed E-state index contributed by atoms with van der Waals surface area (Å²) >= 11 is 0. The largest absolute Gasteiger partial charge is 0.394 e. The quantitative estimate of drug-likeness (QED) is 0.187. The van der Waals surface area contributed by atoms with Crippen LogP contribution in [0.1, 0.15) is 75.2 Å². The van der Waals surface area contributed by atoms with E-state index in [1.165, 1.54) is 0 Å². The monoisotopic (exact) mass is 572 g/mol. The summed E-state index contributed by atoms with van der Waals surface area (Å²) in [4.78, 5) is 0. The van der Waals surface area contributed by atoms with Gasteiger partial charge in [0, 0.05) is 0 Å². The third kappa shape index (κ3) is 30.9. The standard InChI is InChI=1S/C11H20O4.C10H18O3.C10H18O2/c1-3-11(15-9-7-13)5-4-10(2)14-8-6-12;1-9(2,12)5-6-10(3,4)13-8-7-11;1-5-10(4,8-9(2)3)12-7-6-11/h10-13H,3,6-9H2,1-2H3;11-12H,7-8H2,1-4H3;1,9,11H,6-8H2,2-4H3. The van der Waals surface area contributed by atoms with Crippen molar-refractivity contribution in [3.63, 3.8) is 0 Å². The van der Waals surface area contributed by atoms with Crippen LogP contribution < -0.4 is 0 Å². The van der Waals surface area contributed by atoms with Gasteiger partial charge in [-0.15, -0.1) is 6.42 Å². The first-order chi connectivity index (χ1) is 18.5. The molecule has 3 atom stereocenters. The zero-order valence-corrected chi connectivity index (χ0v) is 26.2. The first kappa shape index (κ1) is 42.8. The van der Waals surface area contributed by atoms with Crippen LogP contribution >= 0.6 is 0 Å². The molecular weight excluding hydrogens is 516 g/mol. The van der Waals surface area contributed by atoms with E-state index in [4.69, 9.17) is 45.8 Å². The number of aliphatic hydroxyl groups excluding tert-OH is 4. The van der Waals surface area contributed by atoms with Gasteiger partial charge < -0.3 is 44.5 Å². The van der Waals surface area contributed by atoms with Crippen LogP contribution in [0.15, 0.2) is 0 Å². The maximum absolute atomic E-state index is 9.33. The molecule has 0 aromatic carbocycles. The van der Waals surface area contributed by atoms with Gasteiger partial charge in [0.25, 0.3) is 0 Å². The summed E-state index contributed by atoms with van der Waals surface area (Å²) in [5, 5.41) is 43.5. The molecule has 5 N–H and O–H groups in total. The van der Waals surface area contributed by atoms with Crippen molar-refractivity contribution in [2.75, 3.05) is 52.9 Å². The first-order valence-corrected chi connectivity index (χ1v) is 13.7. The fourth-order valence-electron chi connectivity index (χ4n) is 2.79. The third-order valence-corrected chi connectivity index (χ3v) is 4.53. The van der Waals surface area contributed by atoms with Gasteiger partial charge in [-0.05, 0) is 60.3 Å². The van der Waals surface area contributed by atoms with Crippen molar-refractivity contribution in [3.8, 4) is 36.0 Å². The third-order valence-electron chi connectivity index (χ3n) is 4.53. The number of rotatable bonds is 15. The molecular formula is C31H56O9. The van der Waals surface area contributed by atoms with Gasteiger partial charge in [0.2, 0.25) is 0 Å². The van der Waals surface area contributed by atoms with E-state index < -0.39 is 16.8 Å². The molecule has 0 aliphatic carbocycles. The smallest absolute Gasteiger partial charge is 0.125 e. The second kappa shape index (κ2) is 25.1. The molecule has 0 saturated heterocycles. The summed E-state index contributed by atoms with van der Waals surface area (Å²) in [6.07, 6.45) is 6.58. The summed E-state index contributed by atoms with van der Waals surface area (Å²) < 4.78 is 21.0. The average molecular weight is 573 g/mol. The molecule has 40 heavy (non-hydrogen) atoms. The van der Waals surface area contributed by atoms with Gasteiger partial charge in [-0.25, -0.2) is 0 Å². The van der Waals surface area contributed by atoms with E-state index in [1.807, 2.05) is 20.8 Å². The zero-order valence-electron chi connectivity index (χ0n) is 26.2. The molecule has 0 spiro atoms. The number of hydrogen-bond donors (Lipinski definition) is 5. The fraction of sp³-hybridized carbons (Fsp3) is 0.806. The highest BCUT2D eigenvalue weighted by molar-refractivity contribution is 5.17. The molecule has 0 rings (SSSR count). The lowest BCUT2D eigenvalue weighted by Crippen LogP contribution is -2.29. The topological polar surface area (TPSA) is 138 Å². The average Bonchev–Trinajstić information content (AvgIpc) is 2.88. The Balaban J connectivity index is -0.000000517. The Morgan fingerprint density at radius 1 is 0.725 bits per heavy atom. The highest BCUT2D eigenvalue weighted by Gasteiger charge is 2.22. The Morgan fingerprint density at radius 3 is 1.65 bits per heavy atom. The minimum absolute atomic E-state index is 0.00421. The Morgan fingerprint density at radius 2 is 1.23 bits per heavy atom. The van der Waals surface area contributed by atoms with E-state index in [0.717, 1.165) is 12.8 Å². The number of ether oxygens (including phenoxy) is 4. The van der Waals surface area contributed by atoms with E-state index in [0.29, 0.717) is 25.7 Å². The molecule has 3 unspecified atom stereocenters. The van der Waals surface area contributed by atoms with Gasteiger partial charge in [-0.2, -0.15) is 0 Å². The predicted octanol–water partition coefficient (Wildman–Crippen LogP) is 2.16. The maximum atomic E-state index is 9.33. The molecule has 0 fully saturated rings. The maximum Gasteiger partial charge on any atom is 0.125 e. The van der Waals surface area contributed by atoms with Gasteiger partial charge in [-0.3, -0.25) is 0 Å². The summed E-state index contributed by atoms with van der Waals surface area (Å²) in [7, 11) is 0. The molecule has 9 nitrogen and oxygen atoms in total. The molecule has 0 amide bonds. The van der Waals surface area contributed by atoms with Gasteiger partial charge in [0.15, 0.2) is 0 Å². The van der Waals surface area contributed by atoms with Gasteiger partial charge in [0.1, 0.15) is 29.0 Å². The molecule has 9 heteroatoms. The van der Waals surface area contributed by atoms with E-state index in [-0.39, 0.29) is 45.2 Å². The van der Waals surface area contributed by atoms with Crippen LogP contribution in [0.4, 0.5) is 0 Å². The van der Waals surface area contributed by atoms with Crippen molar-refractivity contribution in [2.24, 2.45) is 5.92 Å². The summed E-state index contributed by atoms with van der Waals surface area (Å²) in [6.45, 7) is 17.9. The van der Waals surface area contributed by atoms with Gasteiger partial charge in [0.05, 0.1) is 52.9 Å². The van der Waals surface area contributed by atoms with Gasteiger partial charge in [-0.1, -0.05) is 50.4 Å². The fourth-order valence-corrected chi connectivity index (χ4v) is 2.79. The van der Waals surface area contributed by atoms with E-state index in [9.17, 15) is 5.11 Å². The molecule has 0 heterocycles. The lowest BCUT2D eigenvalue weighted by atomic mass is 9.95. The van der Waals surface area contributed by atoms with Crippen molar-refractivity contribution >= 4 is 0 Å². The SMILES string of the molecule is C#CC(C)(CC(C)C)OCCO.CC(C)(O)C#CC(C)(C)OCCO.CCC(C#CC(C)OCCO)OCCO. The Hall–Kier alpha value is -1.68. The summed E-state index contributed by atoms with van der Waals surface area (Å²) in [5.74, 6) is 14.4. The lowest BCUT2D eigenvalue weighted by Gasteiger charge is -2.25. The minimum Gasteiger partial charge on any atom is -0.394 e. The molecule has 0 bridgehead atoms. The van der Waals surface area contributed by atoms with Crippen LogP contribution in [0.2, 0.25) is 0 Å². The number of aliphatic hydroxyl groups is 5. The molecule has 0 aliphatic rings. The highest BCUT2D eigenvalue weighted by Crippen LogP contribution is 2.19. The van der Waals surface area contributed by atoms with Crippen LogP contribution in [-0.2, 0) is 18.9 Å². The van der Waals surface area contributed by atoms with Crippen molar-refractivity contribution in [1.82, 2.24) is 0 Å². The number of hydrogen-bond acceptors (Lipinski definition) is 9. The summed E-state index contributed by atoms with van der Waals surface area (Å²) in [5.41, 5.74) is -2.14. The normalized spacial score (nSPS) is 13.9. The lowest BCUT2D eigenvalue weighted by molar-refractivity contribution is -0.0179. The van der Waals surface area contributed by atoms with Crippen molar-refractivity contribution in [3.05, 3.63) is 0 Å². The van der Waals surface area contributed by atoms with Crippen LogP contribution in [0.3, 0.4) is 0 Å². The molecule has 0 aromatic rings. The first-order valence-electron chi connectivity index (χ1n) is 13.7. The van der Waals surface area contributed by atoms with E-state index in [2.05, 4.69) is 43.4 Å². The van der Waals surface area contributed by atoms with E-state index >= 15 is 0 Å². The molecule has 234 valence electrons. The Bertz CT molecular complexity index is 760.